The van der Waals surface area contributed by atoms with Crippen molar-refractivity contribution in [1.29, 1.82) is 0 Å². The maximum absolute atomic E-state index is 13.3. The van der Waals surface area contributed by atoms with Gasteiger partial charge in [0.15, 0.2) is 0 Å². The van der Waals surface area contributed by atoms with Gasteiger partial charge in [-0.25, -0.2) is 4.68 Å². The van der Waals surface area contributed by atoms with Crippen LogP contribution >= 0.6 is 11.6 Å². The van der Waals surface area contributed by atoms with Crippen LogP contribution < -0.4 is 10.9 Å². The van der Waals surface area contributed by atoms with Crippen molar-refractivity contribution in [1.82, 2.24) is 9.78 Å². The van der Waals surface area contributed by atoms with Crippen LogP contribution in [0.25, 0.3) is 0 Å². The molecule has 6 rings (SSSR count). The predicted octanol–water partition coefficient (Wildman–Crippen LogP) is 4.97. The average Bonchev–Trinajstić information content (AvgIpc) is 2.70. The minimum atomic E-state index is -0.733. The Labute approximate surface area is 188 Å². The zero-order chi connectivity index (χ0) is 21.6. The zero-order valence-electron chi connectivity index (χ0n) is 18.0. The van der Waals surface area contributed by atoms with Gasteiger partial charge in [-0.05, 0) is 87.9 Å². The number of aliphatic carboxylic acids is 1. The van der Waals surface area contributed by atoms with Crippen molar-refractivity contribution in [3.8, 4) is 0 Å². The van der Waals surface area contributed by atoms with E-state index < -0.39 is 5.97 Å². The highest BCUT2D eigenvalue weighted by Gasteiger charge is 2.59. The Kier molecular flexibility index (Phi) is 5.40. The van der Waals surface area contributed by atoms with Crippen molar-refractivity contribution in [3.63, 3.8) is 0 Å². The Morgan fingerprint density at radius 3 is 2.71 bits per heavy atom. The van der Waals surface area contributed by atoms with E-state index >= 15 is 0 Å². The molecule has 4 saturated carbocycles. The van der Waals surface area contributed by atoms with Gasteiger partial charge in [-0.15, -0.1) is 0 Å². The van der Waals surface area contributed by atoms with Crippen LogP contribution in [0.5, 0.6) is 0 Å². The fourth-order valence-electron chi connectivity index (χ4n) is 7.56. The summed E-state index contributed by atoms with van der Waals surface area (Å²) in [6.45, 7) is 0.744. The standard InChI is InChI=1S/C24H32ClN3O3/c25-21-19(26-7-6-16-4-2-1-3-5-16)14-27-28(22(21)31)24-11-17-8-18(12-24)10-23(9-17,15-24)13-20(29)30/h4,14,17-18,26H,1-3,5-13,15H2,(H,29,30)/t17-,18-,23?,24?/m0/s1. The Hall–Kier alpha value is -1.82. The van der Waals surface area contributed by atoms with Crippen LogP contribution in [0.3, 0.4) is 0 Å². The van der Waals surface area contributed by atoms with E-state index in [4.69, 9.17) is 11.6 Å². The molecule has 0 aliphatic heterocycles. The number of halogens is 1. The Morgan fingerprint density at radius 1 is 1.26 bits per heavy atom. The number of anilines is 1. The molecular formula is C24H32ClN3O3. The molecule has 5 aliphatic rings. The van der Waals surface area contributed by atoms with Gasteiger partial charge in [0, 0.05) is 6.54 Å². The van der Waals surface area contributed by atoms with Gasteiger partial charge in [-0.2, -0.15) is 5.10 Å². The molecule has 0 aromatic carbocycles. The number of carboxylic acids is 1. The van der Waals surface area contributed by atoms with Crippen molar-refractivity contribution in [2.75, 3.05) is 11.9 Å². The maximum Gasteiger partial charge on any atom is 0.303 e. The first kappa shape index (κ1) is 21.0. The largest absolute Gasteiger partial charge is 0.481 e. The summed E-state index contributed by atoms with van der Waals surface area (Å²) >= 11 is 6.53. The molecule has 1 aromatic heterocycles. The molecule has 1 heterocycles. The maximum atomic E-state index is 13.3. The quantitative estimate of drug-likeness (QED) is 0.579. The van der Waals surface area contributed by atoms with Crippen LogP contribution in [-0.2, 0) is 10.3 Å². The van der Waals surface area contributed by atoms with Crippen LogP contribution in [0, 0.1) is 17.3 Å². The molecule has 4 fully saturated rings. The molecule has 0 radical (unpaired) electrons. The molecule has 7 heteroatoms. The molecule has 0 unspecified atom stereocenters. The van der Waals surface area contributed by atoms with Gasteiger partial charge >= 0.3 is 5.97 Å². The minimum absolute atomic E-state index is 0.194. The Morgan fingerprint density at radius 2 is 2.03 bits per heavy atom. The summed E-state index contributed by atoms with van der Waals surface area (Å²) in [6.07, 6.45) is 15.7. The molecule has 4 bridgehead atoms. The molecule has 5 aliphatic carbocycles. The lowest BCUT2D eigenvalue weighted by Gasteiger charge is -2.61. The van der Waals surface area contributed by atoms with E-state index in [2.05, 4.69) is 16.5 Å². The first-order valence-corrected chi connectivity index (χ1v) is 12.2. The fourth-order valence-corrected chi connectivity index (χ4v) is 7.76. The summed E-state index contributed by atoms with van der Waals surface area (Å²) in [6, 6.07) is 0. The lowest BCUT2D eigenvalue weighted by atomic mass is 9.46. The van der Waals surface area contributed by atoms with Crippen LogP contribution in [0.2, 0.25) is 5.02 Å². The molecule has 2 atom stereocenters. The molecule has 2 N–H and O–H groups in total. The van der Waals surface area contributed by atoms with Gasteiger partial charge in [-0.1, -0.05) is 23.3 Å². The highest BCUT2D eigenvalue weighted by Crippen LogP contribution is 2.65. The van der Waals surface area contributed by atoms with E-state index in [0.717, 1.165) is 57.9 Å². The fraction of sp³-hybridized carbons (Fsp3) is 0.708. The lowest BCUT2D eigenvalue weighted by Crippen LogP contribution is -2.59. The third-order valence-corrected chi connectivity index (χ3v) is 8.56. The number of rotatable bonds is 7. The topological polar surface area (TPSA) is 84.2 Å². The van der Waals surface area contributed by atoms with Gasteiger partial charge < -0.3 is 10.4 Å². The predicted molar refractivity (Wildman–Crippen MR) is 121 cm³/mol. The summed E-state index contributed by atoms with van der Waals surface area (Å²) in [5.74, 6) is 0.229. The summed E-state index contributed by atoms with van der Waals surface area (Å²) < 4.78 is 1.62. The number of hydrogen-bond donors (Lipinski definition) is 2. The molecule has 1 aromatic rings. The van der Waals surface area contributed by atoms with E-state index in [-0.39, 0.29) is 28.0 Å². The van der Waals surface area contributed by atoms with Crippen molar-refractivity contribution >= 4 is 23.3 Å². The number of allylic oxidation sites excluding steroid dienone is 1. The number of nitrogens with zero attached hydrogens (tertiary/aromatic N) is 2. The normalized spacial score (nSPS) is 33.9. The first-order chi connectivity index (χ1) is 14.9. The second-order valence-corrected chi connectivity index (χ2v) is 11.0. The third-order valence-electron chi connectivity index (χ3n) is 8.19. The second-order valence-electron chi connectivity index (χ2n) is 10.6. The van der Waals surface area contributed by atoms with Gasteiger partial charge in [0.25, 0.3) is 5.56 Å². The van der Waals surface area contributed by atoms with E-state index in [1.165, 1.54) is 24.8 Å². The molecule has 0 saturated heterocycles. The number of hydrogen-bond acceptors (Lipinski definition) is 4. The van der Waals surface area contributed by atoms with E-state index in [1.807, 2.05) is 0 Å². The molecule has 31 heavy (non-hydrogen) atoms. The highest BCUT2D eigenvalue weighted by molar-refractivity contribution is 6.32. The number of nitrogens with one attached hydrogen (secondary N) is 1. The monoisotopic (exact) mass is 445 g/mol. The average molecular weight is 446 g/mol. The smallest absolute Gasteiger partial charge is 0.303 e. The number of carbonyl (C=O) groups is 1. The number of carboxylic acid groups (broad SMARTS) is 1. The van der Waals surface area contributed by atoms with Crippen molar-refractivity contribution < 1.29 is 9.90 Å². The Bertz CT molecular complexity index is 955. The number of aromatic nitrogens is 2. The van der Waals surface area contributed by atoms with Crippen LogP contribution in [0.1, 0.15) is 77.0 Å². The van der Waals surface area contributed by atoms with E-state index in [9.17, 15) is 14.7 Å². The van der Waals surface area contributed by atoms with Gasteiger partial charge in [0.05, 0.1) is 23.8 Å². The van der Waals surface area contributed by atoms with Crippen molar-refractivity contribution in [2.24, 2.45) is 17.3 Å². The second kappa shape index (κ2) is 7.95. The van der Waals surface area contributed by atoms with Gasteiger partial charge in [0.2, 0.25) is 0 Å². The summed E-state index contributed by atoms with van der Waals surface area (Å²) in [5, 5.41) is 17.6. The minimum Gasteiger partial charge on any atom is -0.481 e. The molecule has 0 spiro atoms. The summed E-state index contributed by atoms with van der Waals surface area (Å²) in [5.41, 5.74) is 1.26. The van der Waals surface area contributed by atoms with E-state index in [1.54, 1.807) is 10.9 Å². The van der Waals surface area contributed by atoms with E-state index in [0.29, 0.717) is 17.5 Å². The molecule has 6 nitrogen and oxygen atoms in total. The van der Waals surface area contributed by atoms with Gasteiger partial charge in [-0.3, -0.25) is 9.59 Å². The highest BCUT2D eigenvalue weighted by atomic mass is 35.5. The molecule has 0 amide bonds. The van der Waals surface area contributed by atoms with Crippen LogP contribution in [-0.4, -0.2) is 27.4 Å². The van der Waals surface area contributed by atoms with Crippen LogP contribution in [0.4, 0.5) is 5.69 Å². The SMILES string of the molecule is O=C(O)CC12C[C@@H]3C[C@@H](C1)CC(n1ncc(NCCC4=CCCCC4)c(Cl)c1=O)(C3)C2. The third kappa shape index (κ3) is 3.92. The lowest BCUT2D eigenvalue weighted by molar-refractivity contribution is -0.151. The summed E-state index contributed by atoms with van der Waals surface area (Å²) in [7, 11) is 0. The zero-order valence-corrected chi connectivity index (χ0v) is 18.8. The Balaban J connectivity index is 1.37. The molecular weight excluding hydrogens is 414 g/mol. The van der Waals surface area contributed by atoms with Crippen LogP contribution in [0.15, 0.2) is 22.6 Å². The first-order valence-electron chi connectivity index (χ1n) is 11.8. The van der Waals surface area contributed by atoms with Crippen molar-refractivity contribution in [2.45, 2.75) is 82.6 Å². The summed E-state index contributed by atoms with van der Waals surface area (Å²) in [4.78, 5) is 24.9. The molecule has 168 valence electrons. The van der Waals surface area contributed by atoms with Gasteiger partial charge in [0.1, 0.15) is 5.02 Å². The van der Waals surface area contributed by atoms with Crippen molar-refractivity contribution in [3.05, 3.63) is 33.2 Å².